The van der Waals surface area contributed by atoms with Gasteiger partial charge in [0.1, 0.15) is 6.04 Å². The van der Waals surface area contributed by atoms with Crippen molar-refractivity contribution in [3.05, 3.63) is 35.9 Å². The van der Waals surface area contributed by atoms with Crippen molar-refractivity contribution in [1.29, 1.82) is 0 Å². The predicted molar refractivity (Wildman–Crippen MR) is 74.2 cm³/mol. The number of hydrogen-bond acceptors (Lipinski definition) is 4. The number of benzene rings is 1. The lowest BCUT2D eigenvalue weighted by atomic mass is 10.1. The fourth-order valence-corrected chi connectivity index (χ4v) is 1.80. The summed E-state index contributed by atoms with van der Waals surface area (Å²) in [5.74, 6) is -1.57. The summed E-state index contributed by atoms with van der Waals surface area (Å²) in [4.78, 5) is 23.0. The summed E-state index contributed by atoms with van der Waals surface area (Å²) >= 11 is 3.90. The van der Waals surface area contributed by atoms with Gasteiger partial charge in [0.25, 0.3) is 5.91 Å². The first-order valence-electron chi connectivity index (χ1n) is 5.90. The third-order valence-corrected chi connectivity index (χ3v) is 2.84. The second-order valence-electron chi connectivity index (χ2n) is 3.83. The fraction of sp³-hybridized carbons (Fsp3) is 0.385. The minimum atomic E-state index is -1.12. The zero-order valence-corrected chi connectivity index (χ0v) is 11.5. The van der Waals surface area contributed by atoms with Crippen molar-refractivity contribution in [1.82, 2.24) is 5.32 Å². The topological polar surface area (TPSA) is 75.6 Å². The van der Waals surface area contributed by atoms with Gasteiger partial charge in [0.15, 0.2) is 6.10 Å². The highest BCUT2D eigenvalue weighted by molar-refractivity contribution is 7.80. The number of carboxylic acid groups (broad SMARTS) is 1. The normalized spacial score (nSPS) is 13.6. The molecule has 0 spiro atoms. The highest BCUT2D eigenvalue weighted by Crippen LogP contribution is 2.17. The molecule has 1 aromatic rings. The van der Waals surface area contributed by atoms with Gasteiger partial charge >= 0.3 is 5.97 Å². The van der Waals surface area contributed by atoms with Gasteiger partial charge in [-0.3, -0.25) is 4.79 Å². The molecule has 1 unspecified atom stereocenters. The Balaban J connectivity index is 2.82. The number of carboxylic acids is 1. The number of nitrogens with one attached hydrogen (secondary N) is 1. The van der Waals surface area contributed by atoms with Crippen LogP contribution in [0.2, 0.25) is 0 Å². The number of amides is 1. The van der Waals surface area contributed by atoms with Gasteiger partial charge in [-0.15, -0.1) is 0 Å². The SMILES string of the molecule is CCOC(C(=O)N[C@@H](CS)C(=O)O)c1ccccc1. The molecule has 0 fully saturated rings. The van der Waals surface area contributed by atoms with Gasteiger partial charge in [-0.25, -0.2) is 4.79 Å². The van der Waals surface area contributed by atoms with Gasteiger partial charge in [0.05, 0.1) is 0 Å². The molecule has 0 saturated carbocycles. The molecule has 2 N–H and O–H groups in total. The van der Waals surface area contributed by atoms with E-state index >= 15 is 0 Å². The van der Waals surface area contributed by atoms with E-state index in [4.69, 9.17) is 9.84 Å². The molecular weight excluding hydrogens is 266 g/mol. The van der Waals surface area contributed by atoms with Crippen LogP contribution < -0.4 is 5.32 Å². The van der Waals surface area contributed by atoms with Gasteiger partial charge in [-0.1, -0.05) is 30.3 Å². The fourth-order valence-electron chi connectivity index (χ4n) is 1.55. The highest BCUT2D eigenvalue weighted by Gasteiger charge is 2.25. The average molecular weight is 283 g/mol. The van der Waals surface area contributed by atoms with Gasteiger partial charge in [0, 0.05) is 12.4 Å². The molecule has 1 aromatic carbocycles. The molecule has 1 amide bonds. The smallest absolute Gasteiger partial charge is 0.327 e. The maximum Gasteiger partial charge on any atom is 0.327 e. The lowest BCUT2D eigenvalue weighted by Gasteiger charge is -2.19. The molecule has 0 aliphatic carbocycles. The van der Waals surface area contributed by atoms with Crippen molar-refractivity contribution in [3.8, 4) is 0 Å². The zero-order chi connectivity index (χ0) is 14.3. The van der Waals surface area contributed by atoms with Crippen molar-refractivity contribution in [2.75, 3.05) is 12.4 Å². The first-order chi connectivity index (χ1) is 9.10. The molecule has 0 aromatic heterocycles. The number of ether oxygens (including phenoxy) is 1. The van der Waals surface area contributed by atoms with Gasteiger partial charge < -0.3 is 15.2 Å². The van der Waals surface area contributed by atoms with Crippen LogP contribution in [-0.2, 0) is 14.3 Å². The second kappa shape index (κ2) is 7.81. The molecular formula is C13H17NO4S. The number of thiol groups is 1. The predicted octanol–water partition coefficient (Wildman–Crippen LogP) is 1.26. The lowest BCUT2D eigenvalue weighted by molar-refractivity contribution is -0.143. The summed E-state index contributed by atoms with van der Waals surface area (Å²) < 4.78 is 5.39. The summed E-state index contributed by atoms with van der Waals surface area (Å²) in [5.41, 5.74) is 0.685. The zero-order valence-electron chi connectivity index (χ0n) is 10.6. The van der Waals surface area contributed by atoms with E-state index in [9.17, 15) is 9.59 Å². The Morgan fingerprint density at radius 3 is 2.47 bits per heavy atom. The minimum Gasteiger partial charge on any atom is -0.480 e. The standard InChI is InChI=1S/C13H17NO4S/c1-2-18-11(9-6-4-3-5-7-9)12(15)14-10(8-19)13(16)17/h3-7,10-11,19H,2,8H2,1H3,(H,14,15)(H,16,17)/t10-,11?/m0/s1. The quantitative estimate of drug-likeness (QED) is 0.659. The summed E-state index contributed by atoms with van der Waals surface area (Å²) in [7, 11) is 0. The van der Waals surface area contributed by atoms with E-state index < -0.39 is 24.0 Å². The average Bonchev–Trinajstić information content (AvgIpc) is 2.42. The summed E-state index contributed by atoms with van der Waals surface area (Å²) in [6.07, 6.45) is -0.812. The summed E-state index contributed by atoms with van der Waals surface area (Å²) in [6.45, 7) is 2.13. The van der Waals surface area contributed by atoms with Crippen molar-refractivity contribution in [2.24, 2.45) is 0 Å². The van der Waals surface area contributed by atoms with E-state index in [0.717, 1.165) is 0 Å². The Morgan fingerprint density at radius 2 is 2.00 bits per heavy atom. The minimum absolute atomic E-state index is 0.0225. The first-order valence-corrected chi connectivity index (χ1v) is 6.54. The van der Waals surface area contributed by atoms with E-state index in [-0.39, 0.29) is 5.75 Å². The molecule has 0 saturated heterocycles. The molecule has 0 heterocycles. The number of hydrogen-bond donors (Lipinski definition) is 3. The molecule has 0 aliphatic rings. The Bertz CT molecular complexity index is 424. The molecule has 1 rings (SSSR count). The maximum atomic E-state index is 12.1. The largest absolute Gasteiger partial charge is 0.480 e. The van der Waals surface area contributed by atoms with Gasteiger partial charge in [-0.05, 0) is 12.5 Å². The van der Waals surface area contributed by atoms with Crippen LogP contribution in [0.25, 0.3) is 0 Å². The molecule has 19 heavy (non-hydrogen) atoms. The Morgan fingerprint density at radius 1 is 1.37 bits per heavy atom. The van der Waals surface area contributed by atoms with Crippen LogP contribution in [0.5, 0.6) is 0 Å². The van der Waals surface area contributed by atoms with E-state index in [0.29, 0.717) is 12.2 Å². The molecule has 5 nitrogen and oxygen atoms in total. The van der Waals surface area contributed by atoms with Crippen LogP contribution in [0.1, 0.15) is 18.6 Å². The Labute approximate surface area is 117 Å². The van der Waals surface area contributed by atoms with Crippen LogP contribution in [-0.4, -0.2) is 35.4 Å². The van der Waals surface area contributed by atoms with Crippen LogP contribution >= 0.6 is 12.6 Å². The van der Waals surface area contributed by atoms with Crippen LogP contribution in [0.15, 0.2) is 30.3 Å². The highest BCUT2D eigenvalue weighted by atomic mass is 32.1. The van der Waals surface area contributed by atoms with Crippen LogP contribution in [0.3, 0.4) is 0 Å². The summed E-state index contributed by atoms with van der Waals surface area (Å²) in [5, 5.41) is 11.3. The van der Waals surface area contributed by atoms with Crippen LogP contribution in [0.4, 0.5) is 0 Å². The first kappa shape index (κ1) is 15.5. The number of carbonyl (C=O) groups is 2. The number of aliphatic carboxylic acids is 1. The molecule has 0 aliphatic heterocycles. The molecule has 2 atom stereocenters. The van der Waals surface area contributed by atoms with E-state index in [2.05, 4.69) is 17.9 Å². The third-order valence-electron chi connectivity index (χ3n) is 2.47. The maximum absolute atomic E-state index is 12.1. The Hall–Kier alpha value is -1.53. The molecule has 0 radical (unpaired) electrons. The molecule has 0 bridgehead atoms. The van der Waals surface area contributed by atoms with E-state index in [1.807, 2.05) is 6.07 Å². The molecule has 104 valence electrons. The van der Waals surface area contributed by atoms with Gasteiger partial charge in [0.2, 0.25) is 0 Å². The van der Waals surface area contributed by atoms with Gasteiger partial charge in [-0.2, -0.15) is 12.6 Å². The third kappa shape index (κ3) is 4.57. The lowest BCUT2D eigenvalue weighted by Crippen LogP contribution is -2.44. The number of rotatable bonds is 7. The van der Waals surface area contributed by atoms with Crippen molar-refractivity contribution in [3.63, 3.8) is 0 Å². The monoisotopic (exact) mass is 283 g/mol. The van der Waals surface area contributed by atoms with Crippen molar-refractivity contribution < 1.29 is 19.4 Å². The number of carbonyl (C=O) groups excluding carboxylic acids is 1. The van der Waals surface area contributed by atoms with E-state index in [1.54, 1.807) is 31.2 Å². The van der Waals surface area contributed by atoms with Crippen molar-refractivity contribution in [2.45, 2.75) is 19.1 Å². The van der Waals surface area contributed by atoms with Crippen LogP contribution in [0, 0.1) is 0 Å². The Kier molecular flexibility index (Phi) is 6.38. The van der Waals surface area contributed by atoms with Crippen molar-refractivity contribution >= 4 is 24.5 Å². The summed E-state index contributed by atoms with van der Waals surface area (Å²) in [6, 6.07) is 7.91. The van der Waals surface area contributed by atoms with E-state index in [1.165, 1.54) is 0 Å². The molecule has 6 heteroatoms. The second-order valence-corrected chi connectivity index (χ2v) is 4.19.